The van der Waals surface area contributed by atoms with Gasteiger partial charge in [0.15, 0.2) is 0 Å². The summed E-state index contributed by atoms with van der Waals surface area (Å²) in [7, 11) is 0. The zero-order valence-corrected chi connectivity index (χ0v) is 8.49. The van der Waals surface area contributed by atoms with E-state index in [1.165, 1.54) is 6.07 Å². The molecule has 4 nitrogen and oxygen atoms in total. The molecule has 76 valence electrons. The largest absolute Gasteiger partial charge is 0.330 e. The van der Waals surface area contributed by atoms with Gasteiger partial charge in [-0.25, -0.2) is 0 Å². The van der Waals surface area contributed by atoms with Gasteiger partial charge in [-0.15, -0.1) is 0 Å². The summed E-state index contributed by atoms with van der Waals surface area (Å²) in [6.07, 6.45) is 0. The van der Waals surface area contributed by atoms with Gasteiger partial charge in [0.05, 0.1) is 15.5 Å². The molecule has 1 unspecified atom stereocenters. The first-order valence-electron chi connectivity index (χ1n) is 4.20. The maximum Gasteiger partial charge on any atom is 0.274 e. The van der Waals surface area contributed by atoms with Crippen molar-refractivity contribution in [3.8, 4) is 0 Å². The normalized spacial score (nSPS) is 12.5. The second-order valence-corrected chi connectivity index (χ2v) is 3.47. The van der Waals surface area contributed by atoms with Crippen LogP contribution in [-0.2, 0) is 0 Å². The summed E-state index contributed by atoms with van der Waals surface area (Å²) in [5.41, 5.74) is 6.01. The highest BCUT2D eigenvalue weighted by Crippen LogP contribution is 2.32. The Bertz CT molecular complexity index is 355. The van der Waals surface area contributed by atoms with Crippen LogP contribution in [0, 0.1) is 10.1 Å². The van der Waals surface area contributed by atoms with Gasteiger partial charge in [0.2, 0.25) is 0 Å². The average molecular weight is 215 g/mol. The Labute approximate surface area is 86.8 Å². The molecule has 0 amide bonds. The van der Waals surface area contributed by atoms with Crippen LogP contribution in [0.1, 0.15) is 18.4 Å². The molecule has 1 rings (SSSR count). The Morgan fingerprint density at radius 1 is 1.64 bits per heavy atom. The fraction of sp³-hybridized carbons (Fsp3) is 0.333. The molecular formula is C9H11ClN2O2. The number of nitrogens with zero attached hydrogens (tertiary/aromatic N) is 1. The minimum absolute atomic E-state index is 0.0375. The van der Waals surface area contributed by atoms with Gasteiger partial charge in [-0.1, -0.05) is 24.6 Å². The lowest BCUT2D eigenvalue weighted by atomic mass is 9.99. The van der Waals surface area contributed by atoms with Crippen LogP contribution in [0.2, 0.25) is 5.02 Å². The molecule has 1 aromatic carbocycles. The number of rotatable bonds is 3. The molecule has 1 aromatic rings. The molecule has 0 aliphatic heterocycles. The summed E-state index contributed by atoms with van der Waals surface area (Å²) in [6.45, 7) is 2.15. The van der Waals surface area contributed by atoms with Crippen LogP contribution in [-0.4, -0.2) is 11.5 Å². The maximum atomic E-state index is 10.7. The lowest BCUT2D eigenvalue weighted by Crippen LogP contribution is -2.11. The first kappa shape index (κ1) is 10.9. The molecular weight excluding hydrogens is 204 g/mol. The molecule has 0 bridgehead atoms. The molecule has 0 heterocycles. The quantitative estimate of drug-likeness (QED) is 0.620. The fourth-order valence-electron chi connectivity index (χ4n) is 1.29. The molecule has 0 aromatic heterocycles. The predicted molar refractivity (Wildman–Crippen MR) is 55.6 cm³/mol. The number of halogens is 1. The Kier molecular flexibility index (Phi) is 3.43. The molecule has 0 fully saturated rings. The van der Waals surface area contributed by atoms with Gasteiger partial charge in [0.1, 0.15) is 0 Å². The van der Waals surface area contributed by atoms with Crippen molar-refractivity contribution in [2.75, 3.05) is 6.54 Å². The predicted octanol–water partition coefficient (Wildman–Crippen LogP) is 2.31. The summed E-state index contributed by atoms with van der Waals surface area (Å²) < 4.78 is 0. The van der Waals surface area contributed by atoms with Crippen molar-refractivity contribution < 1.29 is 4.92 Å². The van der Waals surface area contributed by atoms with E-state index in [0.29, 0.717) is 17.1 Å². The van der Waals surface area contributed by atoms with E-state index >= 15 is 0 Å². The number of benzene rings is 1. The molecule has 0 saturated heterocycles. The van der Waals surface area contributed by atoms with Crippen LogP contribution in [0.4, 0.5) is 5.69 Å². The summed E-state index contributed by atoms with van der Waals surface area (Å²) >= 11 is 5.89. The van der Waals surface area contributed by atoms with E-state index < -0.39 is 4.92 Å². The molecule has 14 heavy (non-hydrogen) atoms. The van der Waals surface area contributed by atoms with E-state index in [-0.39, 0.29) is 11.6 Å². The summed E-state index contributed by atoms with van der Waals surface area (Å²) in [5.74, 6) is -0.107. The second kappa shape index (κ2) is 4.39. The third kappa shape index (κ3) is 2.02. The number of nitro benzene ring substituents is 1. The van der Waals surface area contributed by atoms with E-state index in [1.807, 2.05) is 6.92 Å². The minimum Gasteiger partial charge on any atom is -0.330 e. The molecule has 5 heteroatoms. The van der Waals surface area contributed by atoms with E-state index in [4.69, 9.17) is 17.3 Å². The van der Waals surface area contributed by atoms with Crippen LogP contribution < -0.4 is 5.73 Å². The topological polar surface area (TPSA) is 69.2 Å². The summed E-state index contributed by atoms with van der Waals surface area (Å²) in [5, 5.41) is 11.1. The molecule has 0 radical (unpaired) electrons. The Balaban J connectivity index is 3.29. The first-order valence-corrected chi connectivity index (χ1v) is 4.58. The molecule has 0 aliphatic rings. The Morgan fingerprint density at radius 2 is 2.29 bits per heavy atom. The van der Waals surface area contributed by atoms with E-state index in [9.17, 15) is 10.1 Å². The summed E-state index contributed by atoms with van der Waals surface area (Å²) in [4.78, 5) is 10.3. The number of nitrogens with two attached hydrogens (primary N) is 1. The average Bonchev–Trinajstić information content (AvgIpc) is 2.16. The van der Waals surface area contributed by atoms with Gasteiger partial charge in [0, 0.05) is 12.0 Å². The highest BCUT2D eigenvalue weighted by Gasteiger charge is 2.20. The lowest BCUT2D eigenvalue weighted by molar-refractivity contribution is -0.385. The first-order chi connectivity index (χ1) is 6.57. The van der Waals surface area contributed by atoms with Gasteiger partial charge in [0.25, 0.3) is 5.69 Å². The van der Waals surface area contributed by atoms with E-state index in [0.717, 1.165) is 0 Å². The SMILES string of the molecule is CC(CN)c1c(Cl)cccc1[N+](=O)[O-]. The standard InChI is InChI=1S/C9H11ClN2O2/c1-6(5-11)9-7(10)3-2-4-8(9)12(13)14/h2-4,6H,5,11H2,1H3. The Morgan fingerprint density at radius 3 is 2.79 bits per heavy atom. The number of nitro groups is 1. The van der Waals surface area contributed by atoms with Gasteiger partial charge in [-0.3, -0.25) is 10.1 Å². The van der Waals surface area contributed by atoms with E-state index in [2.05, 4.69) is 0 Å². The smallest absolute Gasteiger partial charge is 0.274 e. The second-order valence-electron chi connectivity index (χ2n) is 3.07. The van der Waals surface area contributed by atoms with Gasteiger partial charge in [-0.2, -0.15) is 0 Å². The molecule has 0 aliphatic carbocycles. The molecule has 0 saturated carbocycles. The zero-order valence-electron chi connectivity index (χ0n) is 7.74. The van der Waals surface area contributed by atoms with Crippen molar-refractivity contribution in [2.45, 2.75) is 12.8 Å². The van der Waals surface area contributed by atoms with Crippen molar-refractivity contribution in [1.82, 2.24) is 0 Å². The maximum absolute atomic E-state index is 10.7. The van der Waals surface area contributed by atoms with Crippen LogP contribution in [0.25, 0.3) is 0 Å². The minimum atomic E-state index is -0.437. The van der Waals surface area contributed by atoms with Crippen LogP contribution >= 0.6 is 11.6 Å². The van der Waals surface area contributed by atoms with Crippen molar-refractivity contribution in [2.24, 2.45) is 5.73 Å². The lowest BCUT2D eigenvalue weighted by Gasteiger charge is -2.10. The van der Waals surface area contributed by atoms with Gasteiger partial charge in [-0.05, 0) is 12.6 Å². The monoisotopic (exact) mass is 214 g/mol. The highest BCUT2D eigenvalue weighted by molar-refractivity contribution is 6.31. The van der Waals surface area contributed by atoms with Crippen molar-refractivity contribution in [3.05, 3.63) is 38.9 Å². The van der Waals surface area contributed by atoms with Crippen LogP contribution in [0.3, 0.4) is 0 Å². The third-order valence-corrected chi connectivity index (χ3v) is 2.40. The molecule has 2 N–H and O–H groups in total. The van der Waals surface area contributed by atoms with Crippen molar-refractivity contribution in [3.63, 3.8) is 0 Å². The number of hydrogen-bond acceptors (Lipinski definition) is 3. The Hall–Kier alpha value is -1.13. The van der Waals surface area contributed by atoms with Crippen molar-refractivity contribution in [1.29, 1.82) is 0 Å². The fourth-order valence-corrected chi connectivity index (χ4v) is 1.65. The zero-order chi connectivity index (χ0) is 10.7. The highest BCUT2D eigenvalue weighted by atomic mass is 35.5. The van der Waals surface area contributed by atoms with Crippen LogP contribution in [0.5, 0.6) is 0 Å². The van der Waals surface area contributed by atoms with E-state index in [1.54, 1.807) is 12.1 Å². The number of hydrogen-bond donors (Lipinski definition) is 1. The molecule has 1 atom stereocenters. The van der Waals surface area contributed by atoms with Crippen LogP contribution in [0.15, 0.2) is 18.2 Å². The van der Waals surface area contributed by atoms with Gasteiger partial charge >= 0.3 is 0 Å². The van der Waals surface area contributed by atoms with Crippen molar-refractivity contribution >= 4 is 17.3 Å². The van der Waals surface area contributed by atoms with Gasteiger partial charge < -0.3 is 5.73 Å². The molecule has 0 spiro atoms. The summed E-state index contributed by atoms with van der Waals surface area (Å²) in [6, 6.07) is 4.64. The third-order valence-electron chi connectivity index (χ3n) is 2.07.